The molecule has 0 saturated carbocycles. The topological polar surface area (TPSA) is 76.5 Å². The number of thioether (sulfide) groups is 1. The summed E-state index contributed by atoms with van der Waals surface area (Å²) in [6, 6.07) is 7.82. The Bertz CT molecular complexity index is 682. The first kappa shape index (κ1) is 14.0. The Morgan fingerprint density at radius 3 is 2.86 bits per heavy atom. The van der Waals surface area contributed by atoms with Crippen LogP contribution in [0.4, 0.5) is 5.13 Å². The number of ether oxygens (including phenoxy) is 1. The van der Waals surface area contributed by atoms with Crippen LogP contribution in [0.3, 0.4) is 0 Å². The van der Waals surface area contributed by atoms with Gasteiger partial charge in [-0.05, 0) is 19.1 Å². The lowest BCUT2D eigenvalue weighted by molar-refractivity contribution is -0.116. The van der Waals surface area contributed by atoms with E-state index in [2.05, 4.69) is 20.5 Å². The summed E-state index contributed by atoms with van der Waals surface area (Å²) in [5.74, 6) is 1.16. The van der Waals surface area contributed by atoms with Crippen molar-refractivity contribution in [2.24, 2.45) is 4.99 Å². The number of amides is 1. The smallest absolute Gasteiger partial charge is 0.236 e. The molecule has 0 bridgehead atoms. The van der Waals surface area contributed by atoms with E-state index in [0.717, 1.165) is 10.8 Å². The molecule has 0 aliphatic carbocycles. The second-order valence-electron chi connectivity index (χ2n) is 4.33. The zero-order valence-electron chi connectivity index (χ0n) is 11.2. The standard InChI is InChI=1S/C13H12N4O2S2/c1-8-2-4-9(5-3-8)19-6-11-16-17-13(21-11)15-12-14-10(18)7-20-12/h2-5H,6-7H2,1H3,(H,14,15,17,18). The minimum atomic E-state index is -0.0359. The van der Waals surface area contributed by atoms with Gasteiger partial charge in [0.2, 0.25) is 11.0 Å². The summed E-state index contributed by atoms with van der Waals surface area (Å²) in [7, 11) is 0. The number of aryl methyl sites for hydroxylation is 1. The maximum atomic E-state index is 11.1. The van der Waals surface area contributed by atoms with Crippen molar-refractivity contribution in [3.8, 4) is 5.75 Å². The average molecular weight is 320 g/mol. The summed E-state index contributed by atoms with van der Waals surface area (Å²) in [5.41, 5.74) is 1.19. The van der Waals surface area contributed by atoms with Crippen LogP contribution in [0, 0.1) is 6.92 Å². The van der Waals surface area contributed by atoms with Gasteiger partial charge in [0.25, 0.3) is 0 Å². The summed E-state index contributed by atoms with van der Waals surface area (Å²) in [4.78, 5) is 15.3. The Morgan fingerprint density at radius 2 is 2.14 bits per heavy atom. The van der Waals surface area contributed by atoms with Crippen LogP contribution in [-0.2, 0) is 11.4 Å². The van der Waals surface area contributed by atoms with E-state index in [0.29, 0.717) is 22.7 Å². The number of benzene rings is 1. The van der Waals surface area contributed by atoms with Gasteiger partial charge in [0, 0.05) is 0 Å². The Labute approximate surface area is 129 Å². The first-order valence-electron chi connectivity index (χ1n) is 6.22. The van der Waals surface area contributed by atoms with Crippen LogP contribution in [-0.4, -0.2) is 27.0 Å². The van der Waals surface area contributed by atoms with E-state index in [1.807, 2.05) is 31.2 Å². The molecule has 1 saturated heterocycles. The number of rotatable bonds is 4. The van der Waals surface area contributed by atoms with Crippen LogP contribution in [0.2, 0.25) is 0 Å². The van der Waals surface area contributed by atoms with Gasteiger partial charge in [-0.1, -0.05) is 40.8 Å². The van der Waals surface area contributed by atoms with Gasteiger partial charge in [0.05, 0.1) is 5.75 Å². The van der Waals surface area contributed by atoms with Gasteiger partial charge in [0.15, 0.2) is 10.2 Å². The fourth-order valence-electron chi connectivity index (χ4n) is 1.60. The third-order valence-corrected chi connectivity index (χ3v) is 4.29. The first-order chi connectivity index (χ1) is 10.2. The molecule has 2 aromatic rings. The molecule has 0 unspecified atom stereocenters. The SMILES string of the molecule is Cc1ccc(OCc2nnc(/N=C3\NC(=O)CS3)s2)cc1. The molecule has 6 nitrogen and oxygen atoms in total. The van der Waals surface area contributed by atoms with E-state index in [4.69, 9.17) is 4.74 Å². The molecule has 1 amide bonds. The Balaban J connectivity index is 1.60. The number of aromatic nitrogens is 2. The number of nitrogens with one attached hydrogen (secondary N) is 1. The molecule has 8 heteroatoms. The normalized spacial score (nSPS) is 16.2. The zero-order chi connectivity index (χ0) is 14.7. The van der Waals surface area contributed by atoms with Crippen molar-refractivity contribution < 1.29 is 9.53 Å². The van der Waals surface area contributed by atoms with Gasteiger partial charge >= 0.3 is 0 Å². The number of hydrogen-bond acceptors (Lipinski definition) is 7. The molecular weight excluding hydrogens is 308 g/mol. The molecule has 3 rings (SSSR count). The van der Waals surface area contributed by atoms with Crippen LogP contribution < -0.4 is 10.1 Å². The third-order valence-electron chi connectivity index (χ3n) is 2.62. The maximum Gasteiger partial charge on any atom is 0.236 e. The largest absolute Gasteiger partial charge is 0.486 e. The number of amidine groups is 1. The minimum absolute atomic E-state index is 0.0359. The monoisotopic (exact) mass is 320 g/mol. The summed E-state index contributed by atoms with van der Waals surface area (Å²) in [6.07, 6.45) is 0. The van der Waals surface area contributed by atoms with Gasteiger partial charge in [-0.3, -0.25) is 4.79 Å². The summed E-state index contributed by atoms with van der Waals surface area (Å²) >= 11 is 2.71. The van der Waals surface area contributed by atoms with Gasteiger partial charge in [0.1, 0.15) is 12.4 Å². The molecule has 1 aliphatic rings. The number of carbonyl (C=O) groups is 1. The number of aliphatic imine (C=N–C) groups is 1. The van der Waals surface area contributed by atoms with Gasteiger partial charge in [-0.2, -0.15) is 4.99 Å². The molecule has 1 fully saturated rings. The summed E-state index contributed by atoms with van der Waals surface area (Å²) < 4.78 is 5.63. The summed E-state index contributed by atoms with van der Waals surface area (Å²) in [6.45, 7) is 2.38. The lowest BCUT2D eigenvalue weighted by Crippen LogP contribution is -2.19. The molecular formula is C13H12N4O2S2. The predicted molar refractivity (Wildman–Crippen MR) is 83.1 cm³/mol. The van der Waals surface area contributed by atoms with E-state index >= 15 is 0 Å². The van der Waals surface area contributed by atoms with Crippen molar-refractivity contribution in [3.05, 3.63) is 34.8 Å². The van der Waals surface area contributed by atoms with Crippen molar-refractivity contribution in [3.63, 3.8) is 0 Å². The minimum Gasteiger partial charge on any atom is -0.486 e. The predicted octanol–water partition coefficient (Wildman–Crippen LogP) is 2.28. The van der Waals surface area contributed by atoms with Crippen molar-refractivity contribution >= 4 is 39.3 Å². The van der Waals surface area contributed by atoms with E-state index in [-0.39, 0.29) is 5.91 Å². The lowest BCUT2D eigenvalue weighted by Gasteiger charge is -2.03. The molecule has 21 heavy (non-hydrogen) atoms. The highest BCUT2D eigenvalue weighted by molar-refractivity contribution is 8.15. The average Bonchev–Trinajstić information content (AvgIpc) is 3.08. The Hall–Kier alpha value is -1.93. The Morgan fingerprint density at radius 1 is 1.33 bits per heavy atom. The van der Waals surface area contributed by atoms with Gasteiger partial charge in [-0.25, -0.2) is 0 Å². The highest BCUT2D eigenvalue weighted by Gasteiger charge is 2.17. The fourth-order valence-corrected chi connectivity index (χ4v) is 2.96. The molecule has 2 heterocycles. The summed E-state index contributed by atoms with van der Waals surface area (Å²) in [5, 5.41) is 12.5. The first-order valence-corrected chi connectivity index (χ1v) is 8.02. The zero-order valence-corrected chi connectivity index (χ0v) is 12.8. The fraction of sp³-hybridized carbons (Fsp3) is 0.231. The van der Waals surface area contributed by atoms with E-state index in [9.17, 15) is 4.79 Å². The van der Waals surface area contributed by atoms with Crippen molar-refractivity contribution in [2.45, 2.75) is 13.5 Å². The van der Waals surface area contributed by atoms with Crippen LogP contribution in [0.25, 0.3) is 0 Å². The molecule has 0 atom stereocenters. The molecule has 108 valence electrons. The van der Waals surface area contributed by atoms with Crippen LogP contribution in [0.15, 0.2) is 29.3 Å². The van der Waals surface area contributed by atoms with Crippen molar-refractivity contribution in [2.75, 3.05) is 5.75 Å². The quantitative estimate of drug-likeness (QED) is 0.935. The third kappa shape index (κ3) is 3.79. The number of carbonyl (C=O) groups excluding carboxylic acids is 1. The lowest BCUT2D eigenvalue weighted by atomic mass is 10.2. The van der Waals surface area contributed by atoms with E-state index in [1.165, 1.54) is 28.7 Å². The highest BCUT2D eigenvalue weighted by Crippen LogP contribution is 2.23. The molecule has 0 spiro atoms. The number of hydrogen-bond donors (Lipinski definition) is 1. The second kappa shape index (κ2) is 6.23. The van der Waals surface area contributed by atoms with Crippen LogP contribution >= 0.6 is 23.1 Å². The van der Waals surface area contributed by atoms with Crippen LogP contribution in [0.1, 0.15) is 10.6 Å². The molecule has 1 aromatic carbocycles. The van der Waals surface area contributed by atoms with E-state index < -0.39 is 0 Å². The Kier molecular flexibility index (Phi) is 4.16. The molecule has 0 radical (unpaired) electrons. The number of nitrogens with zero attached hydrogens (tertiary/aromatic N) is 3. The highest BCUT2D eigenvalue weighted by atomic mass is 32.2. The molecule has 1 aromatic heterocycles. The van der Waals surface area contributed by atoms with Crippen molar-refractivity contribution in [1.29, 1.82) is 0 Å². The second-order valence-corrected chi connectivity index (χ2v) is 6.34. The van der Waals surface area contributed by atoms with E-state index in [1.54, 1.807) is 0 Å². The van der Waals surface area contributed by atoms with Gasteiger partial charge < -0.3 is 10.1 Å². The molecule has 1 aliphatic heterocycles. The van der Waals surface area contributed by atoms with Crippen molar-refractivity contribution in [1.82, 2.24) is 15.5 Å². The van der Waals surface area contributed by atoms with Crippen LogP contribution in [0.5, 0.6) is 5.75 Å². The maximum absolute atomic E-state index is 11.1. The molecule has 1 N–H and O–H groups in total. The van der Waals surface area contributed by atoms with Gasteiger partial charge in [-0.15, -0.1) is 10.2 Å².